The number of nitrogens with zero attached hydrogens (tertiary/aromatic N) is 1. The number of ether oxygens (including phenoxy) is 2. The average Bonchev–Trinajstić information content (AvgIpc) is 2.27. The van der Waals surface area contributed by atoms with E-state index in [1.54, 1.807) is 0 Å². The molecule has 2 unspecified atom stereocenters. The molecule has 0 aromatic heterocycles. The van der Waals surface area contributed by atoms with Crippen molar-refractivity contribution in [1.82, 2.24) is 4.90 Å². The maximum Gasteiger partial charge on any atom is 0.407 e. The number of carbonyl (C=O) groups is 2. The summed E-state index contributed by atoms with van der Waals surface area (Å²) >= 11 is 0. The molecule has 18 heavy (non-hydrogen) atoms. The van der Waals surface area contributed by atoms with E-state index in [1.165, 1.54) is 12.0 Å². The predicted octanol–water partition coefficient (Wildman–Crippen LogP) is 1.34. The lowest BCUT2D eigenvalue weighted by atomic mass is 9.82. The third kappa shape index (κ3) is 3.35. The van der Waals surface area contributed by atoms with Gasteiger partial charge >= 0.3 is 12.1 Å². The Morgan fingerprint density at radius 2 is 2.06 bits per heavy atom. The molecule has 1 amide bonds. The van der Waals surface area contributed by atoms with Crippen molar-refractivity contribution in [1.29, 1.82) is 0 Å². The molecule has 6 heteroatoms. The van der Waals surface area contributed by atoms with Crippen molar-refractivity contribution in [3.8, 4) is 0 Å². The van der Waals surface area contributed by atoms with E-state index in [1.807, 2.05) is 20.8 Å². The number of methoxy groups -OCH3 is 1. The normalized spacial score (nSPS) is 24.8. The SMILES string of the molecule is COC(=O)CC1C(C(C)(C)C)OCCN1C(=O)O. The maximum atomic E-state index is 11.4. The van der Waals surface area contributed by atoms with Gasteiger partial charge in [-0.3, -0.25) is 9.69 Å². The van der Waals surface area contributed by atoms with Crippen LogP contribution in [0.25, 0.3) is 0 Å². The molecule has 0 bridgehead atoms. The van der Waals surface area contributed by atoms with Gasteiger partial charge in [0.2, 0.25) is 0 Å². The van der Waals surface area contributed by atoms with Gasteiger partial charge in [0, 0.05) is 6.54 Å². The first kappa shape index (κ1) is 14.8. The predicted molar refractivity (Wildman–Crippen MR) is 64.3 cm³/mol. The van der Waals surface area contributed by atoms with Crippen LogP contribution < -0.4 is 0 Å². The summed E-state index contributed by atoms with van der Waals surface area (Å²) in [6.45, 7) is 6.53. The summed E-state index contributed by atoms with van der Waals surface area (Å²) in [5.74, 6) is -0.425. The Kier molecular flexibility index (Phi) is 4.56. The molecule has 0 aromatic rings. The second kappa shape index (κ2) is 5.56. The van der Waals surface area contributed by atoms with Crippen molar-refractivity contribution in [2.45, 2.75) is 39.3 Å². The minimum absolute atomic E-state index is 0.0186. The quantitative estimate of drug-likeness (QED) is 0.757. The fraction of sp³-hybridized carbons (Fsp3) is 0.833. The first-order valence-corrected chi connectivity index (χ1v) is 5.95. The van der Waals surface area contributed by atoms with Crippen LogP contribution in [0.15, 0.2) is 0 Å². The Bertz CT molecular complexity index is 323. The summed E-state index contributed by atoms with van der Waals surface area (Å²) in [7, 11) is 1.29. The molecule has 0 saturated carbocycles. The van der Waals surface area contributed by atoms with Gasteiger partial charge in [-0.2, -0.15) is 0 Å². The molecule has 1 rings (SSSR count). The maximum absolute atomic E-state index is 11.4. The van der Waals surface area contributed by atoms with E-state index >= 15 is 0 Å². The average molecular weight is 259 g/mol. The van der Waals surface area contributed by atoms with E-state index in [0.29, 0.717) is 6.61 Å². The number of rotatable bonds is 2. The molecule has 6 nitrogen and oxygen atoms in total. The minimum Gasteiger partial charge on any atom is -0.469 e. The molecule has 2 atom stereocenters. The van der Waals surface area contributed by atoms with Crippen LogP contribution in [0.1, 0.15) is 27.2 Å². The van der Waals surface area contributed by atoms with Crippen LogP contribution in [0.4, 0.5) is 4.79 Å². The summed E-state index contributed by atoms with van der Waals surface area (Å²) in [4.78, 5) is 23.9. The zero-order valence-electron chi connectivity index (χ0n) is 11.3. The molecule has 0 aromatic carbocycles. The highest BCUT2D eigenvalue weighted by Gasteiger charge is 2.42. The summed E-state index contributed by atoms with van der Waals surface area (Å²) in [5, 5.41) is 9.20. The highest BCUT2D eigenvalue weighted by Crippen LogP contribution is 2.31. The molecule has 1 heterocycles. The smallest absolute Gasteiger partial charge is 0.407 e. The number of hydrogen-bond donors (Lipinski definition) is 1. The third-order valence-electron chi connectivity index (χ3n) is 3.08. The van der Waals surface area contributed by atoms with Crippen molar-refractivity contribution in [3.63, 3.8) is 0 Å². The van der Waals surface area contributed by atoms with Gasteiger partial charge in [-0.1, -0.05) is 20.8 Å². The molecule has 1 aliphatic heterocycles. The molecule has 0 radical (unpaired) electrons. The Balaban J connectivity index is 2.94. The van der Waals surface area contributed by atoms with Gasteiger partial charge in [0.1, 0.15) is 0 Å². The molecule has 1 aliphatic rings. The largest absolute Gasteiger partial charge is 0.469 e. The summed E-state index contributed by atoms with van der Waals surface area (Å²) < 4.78 is 10.3. The second-order valence-electron chi connectivity index (χ2n) is 5.48. The Morgan fingerprint density at radius 3 is 2.50 bits per heavy atom. The number of esters is 1. The Labute approximate surface area is 107 Å². The number of morpholine rings is 1. The Morgan fingerprint density at radius 1 is 1.44 bits per heavy atom. The second-order valence-corrected chi connectivity index (χ2v) is 5.48. The molecule has 1 fully saturated rings. The zero-order valence-corrected chi connectivity index (χ0v) is 11.3. The van der Waals surface area contributed by atoms with Gasteiger partial charge in [-0.05, 0) is 5.41 Å². The van der Waals surface area contributed by atoms with Crippen molar-refractivity contribution >= 4 is 12.1 Å². The van der Waals surface area contributed by atoms with Crippen LogP contribution in [0.3, 0.4) is 0 Å². The van der Waals surface area contributed by atoms with Gasteiger partial charge in [-0.15, -0.1) is 0 Å². The molecular formula is C12H21NO5. The fourth-order valence-electron chi connectivity index (χ4n) is 2.25. The minimum atomic E-state index is -1.03. The first-order valence-electron chi connectivity index (χ1n) is 5.95. The van der Waals surface area contributed by atoms with Gasteiger partial charge in [-0.25, -0.2) is 4.79 Å². The van der Waals surface area contributed by atoms with Gasteiger partial charge < -0.3 is 14.6 Å². The van der Waals surface area contributed by atoms with E-state index in [0.717, 1.165) is 0 Å². The van der Waals surface area contributed by atoms with Crippen LogP contribution in [0.5, 0.6) is 0 Å². The van der Waals surface area contributed by atoms with Crippen LogP contribution in [-0.2, 0) is 14.3 Å². The van der Waals surface area contributed by atoms with Gasteiger partial charge in [0.05, 0.1) is 32.3 Å². The van der Waals surface area contributed by atoms with Gasteiger partial charge in [0.15, 0.2) is 0 Å². The lowest BCUT2D eigenvalue weighted by Crippen LogP contribution is -2.58. The summed E-state index contributed by atoms with van der Waals surface area (Å²) in [5.41, 5.74) is -0.243. The van der Waals surface area contributed by atoms with E-state index in [4.69, 9.17) is 4.74 Å². The van der Waals surface area contributed by atoms with Crippen LogP contribution >= 0.6 is 0 Å². The summed E-state index contributed by atoms with van der Waals surface area (Å²) in [6, 6.07) is -0.497. The topological polar surface area (TPSA) is 76.1 Å². The molecule has 0 spiro atoms. The highest BCUT2D eigenvalue weighted by molar-refractivity contribution is 5.72. The molecule has 1 saturated heterocycles. The van der Waals surface area contributed by atoms with Crippen LogP contribution in [0, 0.1) is 5.41 Å². The molecule has 1 N–H and O–H groups in total. The molecular weight excluding hydrogens is 238 g/mol. The Hall–Kier alpha value is -1.30. The van der Waals surface area contributed by atoms with E-state index in [-0.39, 0.29) is 24.5 Å². The van der Waals surface area contributed by atoms with E-state index in [9.17, 15) is 14.7 Å². The monoisotopic (exact) mass is 259 g/mol. The summed E-state index contributed by atoms with van der Waals surface area (Å²) in [6.07, 6.45) is -1.33. The fourth-order valence-corrected chi connectivity index (χ4v) is 2.25. The van der Waals surface area contributed by atoms with E-state index in [2.05, 4.69) is 4.74 Å². The highest BCUT2D eigenvalue weighted by atomic mass is 16.5. The first-order chi connectivity index (χ1) is 8.27. The van der Waals surface area contributed by atoms with Crippen LogP contribution in [-0.4, -0.2) is 54.5 Å². The van der Waals surface area contributed by atoms with Crippen LogP contribution in [0.2, 0.25) is 0 Å². The number of hydrogen-bond acceptors (Lipinski definition) is 4. The third-order valence-corrected chi connectivity index (χ3v) is 3.08. The number of carbonyl (C=O) groups excluding carboxylic acids is 1. The van der Waals surface area contributed by atoms with Crippen molar-refractivity contribution in [2.75, 3.05) is 20.3 Å². The van der Waals surface area contributed by atoms with Gasteiger partial charge in [0.25, 0.3) is 0 Å². The standard InChI is InChI=1S/C12H21NO5/c1-12(2,3)10-8(7-9(14)17-4)13(11(15)16)5-6-18-10/h8,10H,5-7H2,1-4H3,(H,15,16). The van der Waals surface area contributed by atoms with Crippen molar-refractivity contribution in [2.24, 2.45) is 5.41 Å². The van der Waals surface area contributed by atoms with Crippen molar-refractivity contribution in [3.05, 3.63) is 0 Å². The van der Waals surface area contributed by atoms with Crippen molar-refractivity contribution < 1.29 is 24.2 Å². The zero-order chi connectivity index (χ0) is 13.9. The molecule has 0 aliphatic carbocycles. The number of carboxylic acid groups (broad SMARTS) is 1. The van der Waals surface area contributed by atoms with E-state index < -0.39 is 18.1 Å². The number of amides is 1. The lowest BCUT2D eigenvalue weighted by Gasteiger charge is -2.44. The lowest BCUT2D eigenvalue weighted by molar-refractivity contribution is -0.149. The molecule has 104 valence electrons.